The van der Waals surface area contributed by atoms with Crippen LogP contribution in [0.3, 0.4) is 0 Å². The highest BCUT2D eigenvalue weighted by Gasteiger charge is 2.25. The minimum Gasteiger partial charge on any atom is -0.318 e. The average molecular weight is 196 g/mol. The van der Waals surface area contributed by atoms with Gasteiger partial charge in [-0.25, -0.2) is 4.79 Å². The molecular formula is C11H20N2O. The highest BCUT2D eigenvalue weighted by Crippen LogP contribution is 2.13. The molecule has 1 unspecified atom stereocenters. The number of carbonyl (C=O) groups is 1. The van der Waals surface area contributed by atoms with Crippen molar-refractivity contribution in [2.24, 2.45) is 0 Å². The average Bonchev–Trinajstić information content (AvgIpc) is 2.17. The molecule has 2 amide bonds. The highest BCUT2D eigenvalue weighted by molar-refractivity contribution is 5.77. The zero-order chi connectivity index (χ0) is 10.6. The zero-order valence-electron chi connectivity index (χ0n) is 9.36. The van der Waals surface area contributed by atoms with Gasteiger partial charge >= 0.3 is 6.03 Å². The number of urea groups is 1. The summed E-state index contributed by atoms with van der Waals surface area (Å²) in [5.41, 5.74) is 0. The molecule has 0 saturated carbocycles. The first-order valence-corrected chi connectivity index (χ1v) is 5.46. The van der Waals surface area contributed by atoms with E-state index in [9.17, 15) is 4.79 Å². The lowest BCUT2D eigenvalue weighted by molar-refractivity contribution is 0.153. The van der Waals surface area contributed by atoms with Crippen molar-refractivity contribution in [2.75, 3.05) is 13.1 Å². The van der Waals surface area contributed by atoms with Gasteiger partial charge in [-0.15, -0.1) is 0 Å². The molecule has 14 heavy (non-hydrogen) atoms. The lowest BCUT2D eigenvalue weighted by Crippen LogP contribution is -2.48. The molecule has 80 valence electrons. The van der Waals surface area contributed by atoms with Gasteiger partial charge in [0, 0.05) is 19.3 Å². The number of nitrogens with zero attached hydrogens (tertiary/aromatic N) is 2. The van der Waals surface area contributed by atoms with E-state index in [1.165, 1.54) is 0 Å². The maximum Gasteiger partial charge on any atom is 0.324 e. The van der Waals surface area contributed by atoms with Gasteiger partial charge in [-0.3, -0.25) is 0 Å². The van der Waals surface area contributed by atoms with E-state index in [0.29, 0.717) is 0 Å². The SMILES string of the molecule is CCCN1C=CC(C)N(CCC)C1=O. The van der Waals surface area contributed by atoms with Crippen LogP contribution in [0, 0.1) is 0 Å². The minimum atomic E-state index is 0.156. The molecule has 0 saturated heterocycles. The first-order chi connectivity index (χ1) is 6.70. The van der Waals surface area contributed by atoms with E-state index in [0.717, 1.165) is 25.9 Å². The topological polar surface area (TPSA) is 23.6 Å². The summed E-state index contributed by atoms with van der Waals surface area (Å²) in [5, 5.41) is 0. The lowest BCUT2D eigenvalue weighted by Gasteiger charge is -2.35. The maximum atomic E-state index is 11.9. The molecule has 3 nitrogen and oxygen atoms in total. The predicted octanol–water partition coefficient (Wildman–Crippen LogP) is 2.45. The fourth-order valence-corrected chi connectivity index (χ4v) is 1.69. The van der Waals surface area contributed by atoms with Crippen molar-refractivity contribution >= 4 is 6.03 Å². The Kier molecular flexibility index (Phi) is 3.98. The van der Waals surface area contributed by atoms with Crippen molar-refractivity contribution in [1.29, 1.82) is 0 Å². The molecule has 1 heterocycles. The van der Waals surface area contributed by atoms with Crippen LogP contribution in [-0.4, -0.2) is 35.0 Å². The normalized spacial score (nSPS) is 21.9. The van der Waals surface area contributed by atoms with Crippen molar-refractivity contribution in [1.82, 2.24) is 9.80 Å². The van der Waals surface area contributed by atoms with E-state index in [1.54, 1.807) is 4.90 Å². The standard InChI is InChI=1S/C11H20N2O/c1-4-7-12-9-6-10(3)13(8-5-2)11(12)14/h6,9-10H,4-5,7-8H2,1-3H3. The summed E-state index contributed by atoms with van der Waals surface area (Å²) in [6.07, 6.45) is 6.03. The van der Waals surface area contributed by atoms with Crippen LogP contribution < -0.4 is 0 Å². The Hall–Kier alpha value is -0.990. The highest BCUT2D eigenvalue weighted by atomic mass is 16.2. The first kappa shape index (κ1) is 11.1. The number of hydrogen-bond acceptors (Lipinski definition) is 1. The molecule has 3 heteroatoms. The van der Waals surface area contributed by atoms with Crippen LogP contribution in [0.2, 0.25) is 0 Å². The second-order valence-corrected chi connectivity index (χ2v) is 3.75. The predicted molar refractivity (Wildman–Crippen MR) is 58.0 cm³/mol. The third kappa shape index (κ3) is 2.28. The van der Waals surface area contributed by atoms with Crippen LogP contribution in [-0.2, 0) is 0 Å². The van der Waals surface area contributed by atoms with E-state index in [4.69, 9.17) is 0 Å². The molecule has 1 aliphatic heterocycles. The molecule has 0 radical (unpaired) electrons. The fraction of sp³-hybridized carbons (Fsp3) is 0.727. The van der Waals surface area contributed by atoms with E-state index in [1.807, 2.05) is 11.1 Å². The van der Waals surface area contributed by atoms with Gasteiger partial charge < -0.3 is 9.80 Å². The van der Waals surface area contributed by atoms with Crippen molar-refractivity contribution in [3.63, 3.8) is 0 Å². The first-order valence-electron chi connectivity index (χ1n) is 5.46. The van der Waals surface area contributed by atoms with Crippen LogP contribution in [0.4, 0.5) is 4.79 Å². The Balaban J connectivity index is 2.68. The maximum absolute atomic E-state index is 11.9. The Morgan fingerprint density at radius 3 is 2.50 bits per heavy atom. The largest absolute Gasteiger partial charge is 0.324 e. The summed E-state index contributed by atoms with van der Waals surface area (Å²) in [7, 11) is 0. The molecule has 0 fully saturated rings. The van der Waals surface area contributed by atoms with Gasteiger partial charge in [-0.05, 0) is 25.8 Å². The zero-order valence-corrected chi connectivity index (χ0v) is 9.36. The summed E-state index contributed by atoms with van der Waals surface area (Å²) in [5.74, 6) is 0. The number of hydrogen-bond donors (Lipinski definition) is 0. The van der Waals surface area contributed by atoms with Crippen LogP contribution in [0.15, 0.2) is 12.3 Å². The third-order valence-corrected chi connectivity index (χ3v) is 2.46. The molecule has 1 rings (SSSR count). The summed E-state index contributed by atoms with van der Waals surface area (Å²) in [6.45, 7) is 7.92. The molecule has 1 atom stereocenters. The molecule has 0 aliphatic carbocycles. The minimum absolute atomic E-state index is 0.156. The van der Waals surface area contributed by atoms with Crippen LogP contribution in [0.5, 0.6) is 0 Å². The van der Waals surface area contributed by atoms with Crippen LogP contribution in [0.1, 0.15) is 33.6 Å². The summed E-state index contributed by atoms with van der Waals surface area (Å²) in [4.78, 5) is 15.6. The molecule has 0 aromatic rings. The van der Waals surface area contributed by atoms with Crippen molar-refractivity contribution in [3.05, 3.63) is 12.3 Å². The Morgan fingerprint density at radius 2 is 1.93 bits per heavy atom. The van der Waals surface area contributed by atoms with Gasteiger partial charge in [-0.2, -0.15) is 0 Å². The van der Waals surface area contributed by atoms with Gasteiger partial charge in [-0.1, -0.05) is 13.8 Å². The number of amides is 2. The van der Waals surface area contributed by atoms with E-state index >= 15 is 0 Å². The second-order valence-electron chi connectivity index (χ2n) is 3.75. The molecule has 1 aliphatic rings. The van der Waals surface area contributed by atoms with Gasteiger partial charge in [0.1, 0.15) is 0 Å². The van der Waals surface area contributed by atoms with Crippen molar-refractivity contribution < 1.29 is 4.79 Å². The van der Waals surface area contributed by atoms with Crippen molar-refractivity contribution in [2.45, 2.75) is 39.7 Å². The Morgan fingerprint density at radius 1 is 1.29 bits per heavy atom. The summed E-state index contributed by atoms with van der Waals surface area (Å²) >= 11 is 0. The summed E-state index contributed by atoms with van der Waals surface area (Å²) in [6, 6.07) is 0.402. The smallest absolute Gasteiger partial charge is 0.318 e. The van der Waals surface area contributed by atoms with Crippen LogP contribution in [0.25, 0.3) is 0 Å². The van der Waals surface area contributed by atoms with Gasteiger partial charge in [0.25, 0.3) is 0 Å². The van der Waals surface area contributed by atoms with Gasteiger partial charge in [0.2, 0.25) is 0 Å². The molecular weight excluding hydrogens is 176 g/mol. The third-order valence-electron chi connectivity index (χ3n) is 2.46. The second kappa shape index (κ2) is 5.03. The van der Waals surface area contributed by atoms with E-state index in [-0.39, 0.29) is 12.1 Å². The molecule has 0 bridgehead atoms. The molecule has 0 spiro atoms. The van der Waals surface area contributed by atoms with E-state index < -0.39 is 0 Å². The quantitative estimate of drug-likeness (QED) is 0.677. The number of carbonyl (C=O) groups excluding carboxylic acids is 1. The lowest BCUT2D eigenvalue weighted by atomic mass is 10.2. The Bertz CT molecular complexity index is 225. The molecule has 0 N–H and O–H groups in total. The molecule has 0 aromatic carbocycles. The van der Waals surface area contributed by atoms with Gasteiger partial charge in [0.05, 0.1) is 6.04 Å². The van der Waals surface area contributed by atoms with Gasteiger partial charge in [0.15, 0.2) is 0 Å². The Labute approximate surface area is 86.4 Å². The van der Waals surface area contributed by atoms with Crippen molar-refractivity contribution in [3.8, 4) is 0 Å². The van der Waals surface area contributed by atoms with E-state index in [2.05, 4.69) is 26.8 Å². The monoisotopic (exact) mass is 196 g/mol. The number of rotatable bonds is 4. The summed E-state index contributed by atoms with van der Waals surface area (Å²) < 4.78 is 0. The fourth-order valence-electron chi connectivity index (χ4n) is 1.69. The molecule has 0 aromatic heterocycles. The van der Waals surface area contributed by atoms with Crippen LogP contribution >= 0.6 is 0 Å².